The van der Waals surface area contributed by atoms with Crippen molar-refractivity contribution in [3.63, 3.8) is 0 Å². The van der Waals surface area contributed by atoms with E-state index in [1.54, 1.807) is 7.11 Å². The second-order valence-corrected chi connectivity index (χ2v) is 6.56. The van der Waals surface area contributed by atoms with E-state index < -0.39 is 0 Å². The molecule has 1 rings (SSSR count). The van der Waals surface area contributed by atoms with Crippen LogP contribution in [0, 0.1) is 5.92 Å². The molecular formula is C15H29N3OS. The Bertz CT molecular complexity index is 379. The molecule has 1 aromatic heterocycles. The van der Waals surface area contributed by atoms with Crippen LogP contribution in [-0.4, -0.2) is 38.8 Å². The molecule has 0 amide bonds. The molecule has 1 aromatic rings. The minimum absolute atomic E-state index is 0.734. The molecule has 0 saturated heterocycles. The van der Waals surface area contributed by atoms with Gasteiger partial charge in [0.15, 0.2) is 5.13 Å². The van der Waals surface area contributed by atoms with Crippen molar-refractivity contribution in [2.24, 2.45) is 5.92 Å². The molecule has 0 aliphatic carbocycles. The van der Waals surface area contributed by atoms with Crippen LogP contribution in [0.2, 0.25) is 0 Å². The fourth-order valence-corrected chi connectivity index (χ4v) is 2.98. The predicted molar refractivity (Wildman–Crippen MR) is 87.8 cm³/mol. The first-order valence-corrected chi connectivity index (χ1v) is 8.29. The van der Waals surface area contributed by atoms with E-state index in [1.165, 1.54) is 17.0 Å². The molecule has 0 spiro atoms. The number of hydrogen-bond acceptors (Lipinski definition) is 5. The largest absolute Gasteiger partial charge is 0.383 e. The zero-order chi connectivity index (χ0) is 15.0. The lowest BCUT2D eigenvalue weighted by Crippen LogP contribution is -2.19. The Morgan fingerprint density at radius 3 is 2.75 bits per heavy atom. The molecule has 0 bridgehead atoms. The smallest absolute Gasteiger partial charge is 0.185 e. The van der Waals surface area contributed by atoms with Gasteiger partial charge in [0, 0.05) is 38.7 Å². The number of hydrogen-bond donors (Lipinski definition) is 1. The van der Waals surface area contributed by atoms with Gasteiger partial charge in [-0.15, -0.1) is 11.3 Å². The summed E-state index contributed by atoms with van der Waals surface area (Å²) in [4.78, 5) is 8.42. The number of methoxy groups -OCH3 is 1. The second kappa shape index (κ2) is 9.32. The molecule has 0 aliphatic heterocycles. The third-order valence-electron chi connectivity index (χ3n) is 3.24. The molecule has 5 heteroatoms. The summed E-state index contributed by atoms with van der Waals surface area (Å²) < 4.78 is 5.05. The van der Waals surface area contributed by atoms with E-state index in [0.717, 1.165) is 43.7 Å². The topological polar surface area (TPSA) is 37.4 Å². The minimum atomic E-state index is 0.734. The number of rotatable bonds is 10. The number of anilines is 1. The monoisotopic (exact) mass is 299 g/mol. The Morgan fingerprint density at radius 1 is 1.40 bits per heavy atom. The highest BCUT2D eigenvalue weighted by molar-refractivity contribution is 7.15. The SMILES string of the molecule is CCc1nc(N(C)CCC(C)C)sc1CNCCOC. The summed E-state index contributed by atoms with van der Waals surface area (Å²) in [5, 5.41) is 4.55. The lowest BCUT2D eigenvalue weighted by molar-refractivity contribution is 0.199. The van der Waals surface area contributed by atoms with Crippen LogP contribution in [0.5, 0.6) is 0 Å². The molecule has 0 aliphatic rings. The summed E-state index contributed by atoms with van der Waals surface area (Å²) in [5.74, 6) is 0.734. The van der Waals surface area contributed by atoms with Crippen LogP contribution in [-0.2, 0) is 17.7 Å². The summed E-state index contributed by atoms with van der Waals surface area (Å²) in [6, 6.07) is 0. The Kier molecular flexibility index (Phi) is 8.11. The number of aryl methyl sites for hydroxylation is 1. The average molecular weight is 299 g/mol. The number of aromatic nitrogens is 1. The molecule has 0 fully saturated rings. The Labute approximate surface area is 127 Å². The lowest BCUT2D eigenvalue weighted by atomic mass is 10.1. The van der Waals surface area contributed by atoms with Gasteiger partial charge in [0.25, 0.3) is 0 Å². The third-order valence-corrected chi connectivity index (χ3v) is 4.45. The second-order valence-electron chi connectivity index (χ2n) is 5.49. The van der Waals surface area contributed by atoms with Gasteiger partial charge >= 0.3 is 0 Å². The van der Waals surface area contributed by atoms with E-state index in [1.807, 2.05) is 11.3 Å². The molecule has 1 heterocycles. The van der Waals surface area contributed by atoms with Crippen LogP contribution < -0.4 is 10.2 Å². The molecule has 0 atom stereocenters. The molecule has 0 radical (unpaired) electrons. The quantitative estimate of drug-likeness (QED) is 0.674. The van der Waals surface area contributed by atoms with Crippen LogP contribution >= 0.6 is 11.3 Å². The van der Waals surface area contributed by atoms with Crippen molar-refractivity contribution < 1.29 is 4.74 Å². The van der Waals surface area contributed by atoms with E-state index in [4.69, 9.17) is 9.72 Å². The molecule has 1 N–H and O–H groups in total. The van der Waals surface area contributed by atoms with Crippen LogP contribution in [0.25, 0.3) is 0 Å². The van der Waals surface area contributed by atoms with Gasteiger partial charge in [-0.25, -0.2) is 4.98 Å². The Hall–Kier alpha value is -0.650. The maximum absolute atomic E-state index is 5.05. The molecule has 0 aromatic carbocycles. The van der Waals surface area contributed by atoms with E-state index in [-0.39, 0.29) is 0 Å². The zero-order valence-corrected chi connectivity index (χ0v) is 14.3. The summed E-state index contributed by atoms with van der Waals surface area (Å²) >= 11 is 1.81. The average Bonchev–Trinajstić information content (AvgIpc) is 2.84. The fraction of sp³-hybridized carbons (Fsp3) is 0.800. The van der Waals surface area contributed by atoms with E-state index >= 15 is 0 Å². The van der Waals surface area contributed by atoms with Crippen LogP contribution in [0.4, 0.5) is 5.13 Å². The molecule has 4 nitrogen and oxygen atoms in total. The highest BCUT2D eigenvalue weighted by atomic mass is 32.1. The maximum atomic E-state index is 5.05. The fourth-order valence-electron chi connectivity index (χ4n) is 1.87. The summed E-state index contributed by atoms with van der Waals surface area (Å²) in [7, 11) is 3.87. The molecule has 0 saturated carbocycles. The number of thiazole rings is 1. The highest BCUT2D eigenvalue weighted by Crippen LogP contribution is 2.26. The number of ether oxygens (including phenoxy) is 1. The third kappa shape index (κ3) is 5.77. The Balaban J connectivity index is 2.58. The summed E-state index contributed by atoms with van der Waals surface area (Å²) in [5.41, 5.74) is 1.23. The van der Waals surface area contributed by atoms with Crippen LogP contribution in [0.3, 0.4) is 0 Å². The zero-order valence-electron chi connectivity index (χ0n) is 13.5. The van der Waals surface area contributed by atoms with Gasteiger partial charge in [0.2, 0.25) is 0 Å². The van der Waals surface area contributed by atoms with Crippen molar-refractivity contribution in [2.75, 3.05) is 38.8 Å². The standard InChI is InChI=1S/C15H29N3OS/c1-6-13-14(11-16-8-10-19-5)20-15(17-13)18(4)9-7-12(2)3/h12,16H,6-11H2,1-5H3. The van der Waals surface area contributed by atoms with Gasteiger partial charge < -0.3 is 15.0 Å². The van der Waals surface area contributed by atoms with Gasteiger partial charge in [-0.2, -0.15) is 0 Å². The maximum Gasteiger partial charge on any atom is 0.185 e. The summed E-state index contributed by atoms with van der Waals surface area (Å²) in [6.07, 6.45) is 2.20. The van der Waals surface area contributed by atoms with E-state index in [2.05, 4.69) is 38.0 Å². The number of nitrogens with one attached hydrogen (secondary N) is 1. The molecule has 116 valence electrons. The van der Waals surface area contributed by atoms with Gasteiger partial charge in [0.05, 0.1) is 12.3 Å². The molecular weight excluding hydrogens is 270 g/mol. The van der Waals surface area contributed by atoms with Gasteiger partial charge in [-0.3, -0.25) is 0 Å². The highest BCUT2D eigenvalue weighted by Gasteiger charge is 2.12. The van der Waals surface area contributed by atoms with Crippen molar-refractivity contribution in [3.8, 4) is 0 Å². The van der Waals surface area contributed by atoms with Gasteiger partial charge in [0.1, 0.15) is 0 Å². The first-order chi connectivity index (χ1) is 9.58. The summed E-state index contributed by atoms with van der Waals surface area (Å²) in [6.45, 7) is 10.3. The molecule has 0 unspecified atom stereocenters. The van der Waals surface area contributed by atoms with Crippen molar-refractivity contribution in [3.05, 3.63) is 10.6 Å². The van der Waals surface area contributed by atoms with Crippen molar-refractivity contribution in [1.29, 1.82) is 0 Å². The first-order valence-electron chi connectivity index (χ1n) is 7.47. The van der Waals surface area contributed by atoms with Crippen molar-refractivity contribution in [1.82, 2.24) is 10.3 Å². The van der Waals surface area contributed by atoms with Crippen molar-refractivity contribution >= 4 is 16.5 Å². The Morgan fingerprint density at radius 2 is 2.15 bits per heavy atom. The van der Waals surface area contributed by atoms with Crippen molar-refractivity contribution in [2.45, 2.75) is 40.2 Å². The van der Waals surface area contributed by atoms with E-state index in [9.17, 15) is 0 Å². The van der Waals surface area contributed by atoms with Crippen LogP contribution in [0.15, 0.2) is 0 Å². The number of nitrogens with zero attached hydrogens (tertiary/aromatic N) is 2. The van der Waals surface area contributed by atoms with Crippen LogP contribution in [0.1, 0.15) is 37.8 Å². The minimum Gasteiger partial charge on any atom is -0.383 e. The van der Waals surface area contributed by atoms with Gasteiger partial charge in [-0.1, -0.05) is 20.8 Å². The van der Waals surface area contributed by atoms with E-state index in [0.29, 0.717) is 0 Å². The first kappa shape index (κ1) is 17.4. The van der Waals surface area contributed by atoms with Gasteiger partial charge in [-0.05, 0) is 18.8 Å². The normalized spacial score (nSPS) is 11.3. The predicted octanol–water partition coefficient (Wildman–Crippen LogP) is 2.92. The lowest BCUT2D eigenvalue weighted by Gasteiger charge is -2.16. The molecule has 20 heavy (non-hydrogen) atoms.